The number of benzene rings is 2. The topological polar surface area (TPSA) is 115 Å². The Bertz CT molecular complexity index is 1350. The molecule has 0 bridgehead atoms. The molecular weight excluding hydrogens is 607 g/mol. The summed E-state index contributed by atoms with van der Waals surface area (Å²) in [5.74, 6) is -0.500. The number of alkyl carbamates (subject to hydrolysis) is 1. The molecule has 11 nitrogen and oxygen atoms in total. The number of halogens is 2. The highest BCUT2D eigenvalue weighted by molar-refractivity contribution is 6.35. The molecule has 5 amide bonds. The minimum absolute atomic E-state index is 0.0397. The van der Waals surface area contributed by atoms with Crippen molar-refractivity contribution >= 4 is 47.1 Å². The lowest BCUT2D eigenvalue weighted by molar-refractivity contribution is -0.191. The van der Waals surface area contributed by atoms with E-state index in [1.165, 1.54) is 11.0 Å². The van der Waals surface area contributed by atoms with Gasteiger partial charge in [-0.15, -0.1) is 0 Å². The SMILES string of the molecule is C=CCOC(=O)NCCC[C@H]1C(=O)N(Cc2ccc(Cl)cc2Cl)C[C@H]2N1C(=O)CN(CCC)N2C(=O)NCc1ccccc1. The minimum Gasteiger partial charge on any atom is -0.445 e. The van der Waals surface area contributed by atoms with Crippen LogP contribution in [0.2, 0.25) is 10.0 Å². The van der Waals surface area contributed by atoms with Gasteiger partial charge in [-0.3, -0.25) is 9.59 Å². The number of nitrogens with one attached hydrogen (secondary N) is 2. The second kappa shape index (κ2) is 15.8. The number of ether oxygens (including phenoxy) is 1. The van der Waals surface area contributed by atoms with Crippen molar-refractivity contribution in [2.45, 2.75) is 51.5 Å². The molecule has 2 aliphatic heterocycles. The number of hydrogen-bond donors (Lipinski definition) is 2. The van der Waals surface area contributed by atoms with E-state index in [0.717, 1.165) is 5.56 Å². The molecule has 2 aromatic rings. The quantitative estimate of drug-likeness (QED) is 0.261. The van der Waals surface area contributed by atoms with Gasteiger partial charge in [0.1, 0.15) is 18.8 Å². The molecule has 2 aliphatic rings. The van der Waals surface area contributed by atoms with Crippen LogP contribution in [0.25, 0.3) is 0 Å². The molecule has 4 rings (SSSR count). The Balaban J connectivity index is 1.60. The summed E-state index contributed by atoms with van der Waals surface area (Å²) in [5, 5.41) is 9.86. The fourth-order valence-electron chi connectivity index (χ4n) is 5.45. The smallest absolute Gasteiger partial charge is 0.407 e. The molecule has 0 saturated carbocycles. The van der Waals surface area contributed by atoms with Crippen LogP contribution in [0.3, 0.4) is 0 Å². The number of hydrogen-bond acceptors (Lipinski definition) is 6. The first kappa shape index (κ1) is 33.1. The zero-order valence-corrected chi connectivity index (χ0v) is 26.2. The van der Waals surface area contributed by atoms with Crippen LogP contribution in [0.1, 0.15) is 37.3 Å². The number of piperazine rings is 1. The van der Waals surface area contributed by atoms with E-state index in [1.807, 2.05) is 37.3 Å². The predicted octanol–water partition coefficient (Wildman–Crippen LogP) is 4.40. The lowest BCUT2D eigenvalue weighted by atomic mass is 10.0. The van der Waals surface area contributed by atoms with Gasteiger partial charge in [0.25, 0.3) is 0 Å². The van der Waals surface area contributed by atoms with Gasteiger partial charge in [0, 0.05) is 36.2 Å². The maximum Gasteiger partial charge on any atom is 0.407 e. The highest BCUT2D eigenvalue weighted by Gasteiger charge is 2.51. The number of carbonyl (C=O) groups is 4. The van der Waals surface area contributed by atoms with Crippen LogP contribution < -0.4 is 10.6 Å². The van der Waals surface area contributed by atoms with E-state index < -0.39 is 18.3 Å². The van der Waals surface area contributed by atoms with E-state index >= 15 is 0 Å². The molecule has 0 spiro atoms. The van der Waals surface area contributed by atoms with Crippen LogP contribution in [0.15, 0.2) is 61.2 Å². The van der Waals surface area contributed by atoms with Gasteiger partial charge in [0.15, 0.2) is 0 Å². The van der Waals surface area contributed by atoms with E-state index in [-0.39, 0.29) is 57.1 Å². The Morgan fingerprint density at radius 3 is 2.59 bits per heavy atom. The summed E-state index contributed by atoms with van der Waals surface area (Å²) in [6.45, 7) is 6.81. The van der Waals surface area contributed by atoms with Gasteiger partial charge in [0.2, 0.25) is 11.8 Å². The third kappa shape index (κ3) is 8.22. The standard InChI is InChI=1S/C31H38Cl2N6O5/c1-3-15-37-21-28(40)38-26(11-8-14-34-31(43)44-16-4-2)29(41)36(19-23-12-13-24(32)17-25(23)33)20-27(38)39(37)30(42)35-18-22-9-6-5-7-10-22/h4-7,9-10,12-13,17,26-27H,2-3,8,11,14-16,18-21H2,1H3,(H,34,43)(H,35,42)/t26-,27-/m0/s1. The molecule has 2 atom stereocenters. The maximum atomic E-state index is 14.0. The molecule has 2 N–H and O–H groups in total. The largest absolute Gasteiger partial charge is 0.445 e. The molecule has 0 radical (unpaired) electrons. The Morgan fingerprint density at radius 2 is 1.89 bits per heavy atom. The van der Waals surface area contributed by atoms with Crippen LogP contribution >= 0.6 is 23.2 Å². The number of carbonyl (C=O) groups excluding carboxylic acids is 4. The molecule has 2 fully saturated rings. The molecule has 44 heavy (non-hydrogen) atoms. The van der Waals surface area contributed by atoms with Crippen molar-refractivity contribution in [3.05, 3.63) is 82.4 Å². The highest BCUT2D eigenvalue weighted by atomic mass is 35.5. The molecule has 2 saturated heterocycles. The van der Waals surface area contributed by atoms with Crippen molar-refractivity contribution in [2.24, 2.45) is 0 Å². The first-order valence-corrected chi connectivity index (χ1v) is 15.4. The first-order valence-electron chi connectivity index (χ1n) is 14.6. The van der Waals surface area contributed by atoms with Crippen molar-refractivity contribution in [3.8, 4) is 0 Å². The maximum absolute atomic E-state index is 14.0. The number of fused-ring (bicyclic) bond motifs is 1. The van der Waals surface area contributed by atoms with Gasteiger partial charge >= 0.3 is 12.1 Å². The van der Waals surface area contributed by atoms with E-state index in [9.17, 15) is 19.2 Å². The predicted molar refractivity (Wildman–Crippen MR) is 167 cm³/mol. The van der Waals surface area contributed by atoms with Gasteiger partial charge in [-0.2, -0.15) is 0 Å². The number of amides is 5. The minimum atomic E-state index is -0.855. The van der Waals surface area contributed by atoms with Gasteiger partial charge < -0.3 is 25.2 Å². The molecular formula is C31H38Cl2N6O5. The molecule has 0 aliphatic carbocycles. The summed E-state index contributed by atoms with van der Waals surface area (Å²) < 4.78 is 4.95. The second-order valence-corrected chi connectivity index (χ2v) is 11.4. The van der Waals surface area contributed by atoms with Gasteiger partial charge in [-0.25, -0.2) is 19.6 Å². The van der Waals surface area contributed by atoms with E-state index in [2.05, 4.69) is 17.2 Å². The van der Waals surface area contributed by atoms with Gasteiger partial charge in [0.05, 0.1) is 13.1 Å². The third-order valence-corrected chi connectivity index (χ3v) is 8.03. The van der Waals surface area contributed by atoms with Crippen molar-refractivity contribution in [2.75, 3.05) is 32.8 Å². The Hall–Kier alpha value is -3.80. The average Bonchev–Trinajstić information content (AvgIpc) is 3.00. The van der Waals surface area contributed by atoms with Crippen molar-refractivity contribution in [3.63, 3.8) is 0 Å². The number of hydrazine groups is 1. The third-order valence-electron chi connectivity index (χ3n) is 7.44. The molecule has 0 unspecified atom stereocenters. The fraction of sp³-hybridized carbons (Fsp3) is 0.419. The molecule has 13 heteroatoms. The fourth-order valence-corrected chi connectivity index (χ4v) is 5.91. The normalized spacial score (nSPS) is 18.6. The number of rotatable bonds is 12. The molecule has 0 aromatic heterocycles. The molecule has 236 valence electrons. The monoisotopic (exact) mass is 644 g/mol. The van der Waals surface area contributed by atoms with Crippen LogP contribution in [-0.4, -0.2) is 88.7 Å². The number of nitrogens with zero attached hydrogens (tertiary/aromatic N) is 4. The summed E-state index contributed by atoms with van der Waals surface area (Å²) in [7, 11) is 0. The Kier molecular flexibility index (Phi) is 11.9. The summed E-state index contributed by atoms with van der Waals surface area (Å²) in [6, 6.07) is 13.4. The zero-order chi connectivity index (χ0) is 31.6. The second-order valence-electron chi connectivity index (χ2n) is 10.6. The van der Waals surface area contributed by atoms with Gasteiger partial charge in [-0.05, 0) is 42.5 Å². The van der Waals surface area contributed by atoms with E-state index in [1.54, 1.807) is 33.1 Å². The van der Waals surface area contributed by atoms with Crippen LogP contribution in [0.5, 0.6) is 0 Å². The number of urea groups is 1. The van der Waals surface area contributed by atoms with Crippen LogP contribution in [-0.2, 0) is 27.4 Å². The lowest BCUT2D eigenvalue weighted by Crippen LogP contribution is -2.76. The lowest BCUT2D eigenvalue weighted by Gasteiger charge is -2.55. The Labute approximate surface area is 267 Å². The molecule has 2 heterocycles. The average molecular weight is 646 g/mol. The van der Waals surface area contributed by atoms with Crippen LogP contribution in [0, 0.1) is 0 Å². The summed E-state index contributed by atoms with van der Waals surface area (Å²) in [6.07, 6.45) is 1.49. The zero-order valence-electron chi connectivity index (χ0n) is 24.7. The van der Waals surface area contributed by atoms with Crippen LogP contribution in [0.4, 0.5) is 9.59 Å². The van der Waals surface area contributed by atoms with Crippen molar-refractivity contribution in [1.29, 1.82) is 0 Å². The van der Waals surface area contributed by atoms with Gasteiger partial charge in [-0.1, -0.05) is 79.2 Å². The van der Waals surface area contributed by atoms with E-state index in [4.69, 9.17) is 27.9 Å². The Morgan fingerprint density at radius 1 is 1.11 bits per heavy atom. The van der Waals surface area contributed by atoms with Crippen molar-refractivity contribution in [1.82, 2.24) is 30.5 Å². The summed E-state index contributed by atoms with van der Waals surface area (Å²) >= 11 is 12.6. The highest BCUT2D eigenvalue weighted by Crippen LogP contribution is 2.31. The van der Waals surface area contributed by atoms with E-state index in [0.29, 0.717) is 41.5 Å². The summed E-state index contributed by atoms with van der Waals surface area (Å²) in [4.78, 5) is 56.5. The summed E-state index contributed by atoms with van der Waals surface area (Å²) in [5.41, 5.74) is 1.62. The molecule has 2 aromatic carbocycles. The van der Waals surface area contributed by atoms with Crippen molar-refractivity contribution < 1.29 is 23.9 Å². The first-order chi connectivity index (χ1) is 21.2.